The van der Waals surface area contributed by atoms with Crippen LogP contribution in [0.25, 0.3) is 0 Å². The van der Waals surface area contributed by atoms with Crippen LogP contribution in [-0.4, -0.2) is 40.6 Å². The van der Waals surface area contributed by atoms with Crippen LogP contribution >= 0.6 is 0 Å². The molecule has 0 saturated carbocycles. The molecule has 112 valence electrons. The number of benzene rings is 1. The number of hydrogen-bond acceptors (Lipinski definition) is 4. The van der Waals surface area contributed by atoms with Gasteiger partial charge in [0.1, 0.15) is 0 Å². The second-order valence-electron chi connectivity index (χ2n) is 4.99. The van der Waals surface area contributed by atoms with Gasteiger partial charge in [0.05, 0.1) is 10.9 Å². The van der Waals surface area contributed by atoms with Crippen molar-refractivity contribution in [3.8, 4) is 0 Å². The normalized spacial score (nSPS) is 15.9. The van der Waals surface area contributed by atoms with Gasteiger partial charge in [-0.1, -0.05) is 6.92 Å². The van der Waals surface area contributed by atoms with Crippen LogP contribution in [-0.2, 0) is 10.0 Å². The predicted molar refractivity (Wildman–Crippen MR) is 81.6 cm³/mol. The number of anilines is 1. The smallest absolute Gasteiger partial charge is 0.240 e. The third-order valence-electron chi connectivity index (χ3n) is 3.56. The largest absolute Gasteiger partial charge is 0.366 e. The van der Waals surface area contributed by atoms with Crippen LogP contribution in [0.3, 0.4) is 0 Å². The summed E-state index contributed by atoms with van der Waals surface area (Å²) < 4.78 is 26.6. The third-order valence-corrected chi connectivity index (χ3v) is 5.04. The summed E-state index contributed by atoms with van der Waals surface area (Å²) in [6.07, 6.45) is 0.787. The zero-order chi connectivity index (χ0) is 14.6. The molecule has 5 nitrogen and oxygen atoms in total. The lowest BCUT2D eigenvalue weighted by Crippen LogP contribution is -2.57. The highest BCUT2D eigenvalue weighted by Gasteiger charge is 2.23. The van der Waals surface area contributed by atoms with E-state index < -0.39 is 10.0 Å². The third kappa shape index (κ3) is 3.31. The molecule has 0 bridgehead atoms. The Morgan fingerprint density at radius 3 is 2.35 bits per heavy atom. The molecule has 1 fully saturated rings. The lowest BCUT2D eigenvalue weighted by molar-refractivity contribution is 0.417. The van der Waals surface area contributed by atoms with Gasteiger partial charge in [-0.15, -0.1) is 0 Å². The van der Waals surface area contributed by atoms with E-state index in [1.807, 2.05) is 19.1 Å². The molecule has 1 heterocycles. The minimum Gasteiger partial charge on any atom is -0.366 e. The molecule has 1 aromatic rings. The van der Waals surface area contributed by atoms with Crippen molar-refractivity contribution in [3.63, 3.8) is 0 Å². The van der Waals surface area contributed by atoms with Gasteiger partial charge in [-0.05, 0) is 37.6 Å². The minimum absolute atomic E-state index is 0.331. The Hall–Kier alpha value is -1.11. The average molecular weight is 297 g/mol. The Morgan fingerprint density at radius 1 is 1.25 bits per heavy atom. The fourth-order valence-electron chi connectivity index (χ4n) is 2.28. The molecule has 20 heavy (non-hydrogen) atoms. The van der Waals surface area contributed by atoms with Crippen LogP contribution in [0.2, 0.25) is 0 Å². The molecule has 0 atom stereocenters. The van der Waals surface area contributed by atoms with Gasteiger partial charge in [-0.3, -0.25) is 0 Å². The molecule has 0 spiro atoms. The Bertz CT molecular complexity index is 524. The fraction of sp³-hybridized carbons (Fsp3) is 0.571. The summed E-state index contributed by atoms with van der Waals surface area (Å²) in [7, 11) is -3.36. The van der Waals surface area contributed by atoms with E-state index in [1.54, 1.807) is 12.1 Å². The van der Waals surface area contributed by atoms with Gasteiger partial charge in [-0.25, -0.2) is 13.1 Å². The molecular formula is C14H23N3O2S. The molecule has 2 rings (SSSR count). The van der Waals surface area contributed by atoms with Crippen LogP contribution in [0.5, 0.6) is 0 Å². The number of nitrogens with zero attached hydrogens (tertiary/aromatic N) is 1. The van der Waals surface area contributed by atoms with Crippen molar-refractivity contribution in [1.29, 1.82) is 0 Å². The minimum atomic E-state index is -3.36. The molecular weight excluding hydrogens is 274 g/mol. The van der Waals surface area contributed by atoms with E-state index in [4.69, 9.17) is 0 Å². The van der Waals surface area contributed by atoms with Crippen molar-refractivity contribution >= 4 is 15.7 Å². The van der Waals surface area contributed by atoms with Crippen molar-refractivity contribution in [2.24, 2.45) is 0 Å². The van der Waals surface area contributed by atoms with Crippen LogP contribution in [0.1, 0.15) is 20.3 Å². The quantitative estimate of drug-likeness (QED) is 0.793. The van der Waals surface area contributed by atoms with Crippen molar-refractivity contribution in [3.05, 3.63) is 24.3 Å². The van der Waals surface area contributed by atoms with Gasteiger partial charge in [-0.2, -0.15) is 0 Å². The van der Waals surface area contributed by atoms with E-state index in [-0.39, 0.29) is 0 Å². The van der Waals surface area contributed by atoms with Gasteiger partial charge < -0.3 is 10.2 Å². The van der Waals surface area contributed by atoms with E-state index in [2.05, 4.69) is 21.9 Å². The standard InChI is InChI=1S/C14H23N3O2S/c1-3-9-16-20(18,19)14-7-5-12(6-8-14)17(4-2)13-10-15-11-13/h5-8,13,15-16H,3-4,9-11H2,1-2H3. The highest BCUT2D eigenvalue weighted by atomic mass is 32.2. The number of likely N-dealkylation sites (N-methyl/N-ethyl adjacent to an activating group) is 1. The second-order valence-corrected chi connectivity index (χ2v) is 6.76. The van der Waals surface area contributed by atoms with Gasteiger partial charge >= 0.3 is 0 Å². The molecule has 0 amide bonds. The number of hydrogen-bond donors (Lipinski definition) is 2. The molecule has 0 aliphatic carbocycles. The van der Waals surface area contributed by atoms with Crippen molar-refractivity contribution in [2.75, 3.05) is 31.1 Å². The molecule has 1 saturated heterocycles. The molecule has 0 unspecified atom stereocenters. The number of nitrogens with one attached hydrogen (secondary N) is 2. The maximum absolute atomic E-state index is 12.0. The highest BCUT2D eigenvalue weighted by molar-refractivity contribution is 7.89. The van der Waals surface area contributed by atoms with E-state index in [1.165, 1.54) is 0 Å². The summed E-state index contributed by atoms with van der Waals surface area (Å²) in [6, 6.07) is 7.66. The van der Waals surface area contributed by atoms with Crippen molar-refractivity contribution < 1.29 is 8.42 Å². The predicted octanol–water partition coefficient (Wildman–Crippen LogP) is 1.17. The van der Waals surface area contributed by atoms with Crippen LogP contribution < -0.4 is 14.9 Å². The second kappa shape index (κ2) is 6.56. The van der Waals surface area contributed by atoms with E-state index in [0.29, 0.717) is 17.5 Å². The lowest BCUT2D eigenvalue weighted by Gasteiger charge is -2.39. The Labute approximate surface area is 121 Å². The van der Waals surface area contributed by atoms with Gasteiger partial charge in [0, 0.05) is 31.9 Å². The maximum atomic E-state index is 12.0. The van der Waals surface area contributed by atoms with E-state index in [0.717, 1.165) is 31.7 Å². The molecule has 1 aromatic carbocycles. The van der Waals surface area contributed by atoms with Crippen LogP contribution in [0.15, 0.2) is 29.2 Å². The van der Waals surface area contributed by atoms with Crippen molar-refractivity contribution in [1.82, 2.24) is 10.0 Å². The number of rotatable bonds is 7. The summed E-state index contributed by atoms with van der Waals surface area (Å²) >= 11 is 0. The lowest BCUT2D eigenvalue weighted by atomic mass is 10.1. The Morgan fingerprint density at radius 2 is 1.90 bits per heavy atom. The topological polar surface area (TPSA) is 61.4 Å². The summed E-state index contributed by atoms with van der Waals surface area (Å²) in [5, 5.41) is 3.26. The zero-order valence-corrected chi connectivity index (χ0v) is 12.9. The summed E-state index contributed by atoms with van der Waals surface area (Å²) in [6.45, 7) is 7.44. The monoisotopic (exact) mass is 297 g/mol. The molecule has 1 aliphatic rings. The van der Waals surface area contributed by atoms with Gasteiger partial charge in [0.25, 0.3) is 0 Å². The molecule has 0 aromatic heterocycles. The average Bonchev–Trinajstić information content (AvgIpc) is 2.40. The van der Waals surface area contributed by atoms with E-state index >= 15 is 0 Å². The highest BCUT2D eigenvalue weighted by Crippen LogP contribution is 2.21. The summed E-state index contributed by atoms with van der Waals surface area (Å²) in [5.41, 5.74) is 1.08. The SMILES string of the molecule is CCCNS(=O)(=O)c1ccc(N(CC)C2CNC2)cc1. The molecule has 6 heteroatoms. The van der Waals surface area contributed by atoms with Crippen LogP contribution in [0, 0.1) is 0 Å². The first kappa shape index (κ1) is 15.3. The number of sulfonamides is 1. The first-order valence-electron chi connectivity index (χ1n) is 7.15. The van der Waals surface area contributed by atoms with E-state index in [9.17, 15) is 8.42 Å². The van der Waals surface area contributed by atoms with Crippen molar-refractivity contribution in [2.45, 2.75) is 31.2 Å². The zero-order valence-electron chi connectivity index (χ0n) is 12.1. The maximum Gasteiger partial charge on any atom is 0.240 e. The Kier molecular flexibility index (Phi) is 5.01. The first-order chi connectivity index (χ1) is 9.58. The van der Waals surface area contributed by atoms with Gasteiger partial charge in [0.2, 0.25) is 10.0 Å². The molecule has 1 aliphatic heterocycles. The molecule has 0 radical (unpaired) electrons. The summed E-state index contributed by atoms with van der Waals surface area (Å²) in [5.74, 6) is 0. The van der Waals surface area contributed by atoms with Gasteiger partial charge in [0.15, 0.2) is 0 Å². The van der Waals surface area contributed by atoms with Crippen LogP contribution in [0.4, 0.5) is 5.69 Å². The first-order valence-corrected chi connectivity index (χ1v) is 8.64. The summed E-state index contributed by atoms with van der Waals surface area (Å²) in [4.78, 5) is 2.63. The Balaban J connectivity index is 2.12. The fourth-order valence-corrected chi connectivity index (χ4v) is 3.42. The molecule has 2 N–H and O–H groups in total.